The smallest absolute Gasteiger partial charge is 0.170 e. The number of aromatic nitrogens is 1. The van der Waals surface area contributed by atoms with Gasteiger partial charge >= 0.3 is 0 Å². The second-order valence-corrected chi connectivity index (χ2v) is 7.22. The van der Waals surface area contributed by atoms with E-state index in [1.165, 1.54) is 17.0 Å². The lowest BCUT2D eigenvalue weighted by Gasteiger charge is -2.23. The van der Waals surface area contributed by atoms with Crippen molar-refractivity contribution in [1.29, 1.82) is 0 Å². The van der Waals surface area contributed by atoms with Crippen LogP contribution in [0.2, 0.25) is 0 Å². The number of Topliss-reactive ketones (excluding diaryl/α,β-unsaturated/α-hetero) is 1. The Bertz CT molecular complexity index is 901. The Morgan fingerprint density at radius 3 is 2.73 bits per heavy atom. The number of rotatable bonds is 6. The van der Waals surface area contributed by atoms with Crippen molar-refractivity contribution in [3.8, 4) is 0 Å². The Hall–Kier alpha value is -2.46. The lowest BCUT2D eigenvalue weighted by molar-refractivity contribution is -0.113. The van der Waals surface area contributed by atoms with Crippen molar-refractivity contribution in [2.75, 3.05) is 18.0 Å². The van der Waals surface area contributed by atoms with Crippen LogP contribution in [0.15, 0.2) is 30.9 Å². The van der Waals surface area contributed by atoms with E-state index in [1.54, 1.807) is 6.08 Å². The molecular formula is C22H24N2OS. The maximum absolute atomic E-state index is 12.8. The number of anilines is 1. The van der Waals surface area contributed by atoms with Crippen molar-refractivity contribution in [1.82, 2.24) is 4.98 Å². The molecule has 0 N–H and O–H groups in total. The van der Waals surface area contributed by atoms with Crippen LogP contribution in [-0.2, 0) is 11.2 Å². The minimum atomic E-state index is 0.130. The predicted molar refractivity (Wildman–Crippen MR) is 113 cm³/mol. The molecule has 3 rings (SSSR count). The molecule has 0 radical (unpaired) electrons. The van der Waals surface area contributed by atoms with E-state index >= 15 is 0 Å². The second kappa shape index (κ2) is 7.83. The monoisotopic (exact) mass is 364 g/mol. The van der Waals surface area contributed by atoms with Crippen LogP contribution in [0.5, 0.6) is 0 Å². The molecule has 0 fully saturated rings. The molecule has 0 bridgehead atoms. The molecule has 1 aromatic heterocycles. The SMILES string of the molecule is C=Cc1sc(C2=Cc3ccc(N(CC)CC)cc3CC2=O)nc1/C=C\C. The zero-order valence-electron chi connectivity index (χ0n) is 15.6. The van der Waals surface area contributed by atoms with Crippen molar-refractivity contribution >= 4 is 46.6 Å². The fourth-order valence-corrected chi connectivity index (χ4v) is 4.18. The molecule has 1 aromatic carbocycles. The van der Waals surface area contributed by atoms with Gasteiger partial charge < -0.3 is 4.90 Å². The number of hydrogen-bond acceptors (Lipinski definition) is 4. The van der Waals surface area contributed by atoms with Crippen molar-refractivity contribution in [3.63, 3.8) is 0 Å². The van der Waals surface area contributed by atoms with Crippen LogP contribution in [0.1, 0.15) is 47.5 Å². The number of thiazole rings is 1. The maximum Gasteiger partial charge on any atom is 0.170 e. The summed E-state index contributed by atoms with van der Waals surface area (Å²) in [5.41, 5.74) is 4.96. The molecule has 4 heteroatoms. The molecule has 1 aliphatic carbocycles. The summed E-state index contributed by atoms with van der Waals surface area (Å²) < 4.78 is 0. The summed E-state index contributed by atoms with van der Waals surface area (Å²) in [5.74, 6) is 0.130. The van der Waals surface area contributed by atoms with E-state index in [2.05, 4.69) is 48.5 Å². The van der Waals surface area contributed by atoms with E-state index < -0.39 is 0 Å². The molecule has 1 heterocycles. The summed E-state index contributed by atoms with van der Waals surface area (Å²) >= 11 is 1.52. The van der Waals surface area contributed by atoms with E-state index in [4.69, 9.17) is 0 Å². The fraction of sp³-hybridized carbons (Fsp3) is 0.273. The minimum absolute atomic E-state index is 0.130. The van der Waals surface area contributed by atoms with Gasteiger partial charge in [-0.15, -0.1) is 11.3 Å². The van der Waals surface area contributed by atoms with Gasteiger partial charge in [0.1, 0.15) is 5.01 Å². The first-order valence-corrected chi connectivity index (χ1v) is 9.82. The lowest BCUT2D eigenvalue weighted by Crippen LogP contribution is -2.22. The third-order valence-corrected chi connectivity index (χ3v) is 5.73. The van der Waals surface area contributed by atoms with Crippen molar-refractivity contribution < 1.29 is 4.79 Å². The van der Waals surface area contributed by atoms with Gasteiger partial charge in [-0.3, -0.25) is 4.79 Å². The lowest BCUT2D eigenvalue weighted by atomic mass is 9.91. The Morgan fingerprint density at radius 1 is 1.31 bits per heavy atom. The van der Waals surface area contributed by atoms with Crippen LogP contribution in [0.3, 0.4) is 0 Å². The Balaban J connectivity index is 2.01. The fourth-order valence-electron chi connectivity index (χ4n) is 3.24. The summed E-state index contributed by atoms with van der Waals surface area (Å²) in [6, 6.07) is 6.40. The van der Waals surface area contributed by atoms with E-state index in [0.29, 0.717) is 12.0 Å². The topological polar surface area (TPSA) is 33.2 Å². The second-order valence-electron chi connectivity index (χ2n) is 6.19. The maximum atomic E-state index is 12.8. The summed E-state index contributed by atoms with van der Waals surface area (Å²) in [6.45, 7) is 12.0. The number of hydrogen-bond donors (Lipinski definition) is 0. The molecule has 0 spiro atoms. The third-order valence-electron chi connectivity index (χ3n) is 4.63. The normalized spacial score (nSPS) is 13.7. The standard InChI is InChI=1S/C22H24N2OS/c1-5-9-19-21(6-2)26-22(23-19)18-13-15-10-11-17(24(7-3)8-4)12-16(15)14-20(18)25/h5-6,9-13H,2,7-8,14H2,1,3-4H3/b9-5-. The Labute approximate surface area is 159 Å². The summed E-state index contributed by atoms with van der Waals surface area (Å²) in [5, 5.41) is 0.775. The van der Waals surface area contributed by atoms with Crippen LogP contribution in [0.25, 0.3) is 23.8 Å². The molecule has 134 valence electrons. The average molecular weight is 365 g/mol. The van der Waals surface area contributed by atoms with Gasteiger partial charge in [-0.2, -0.15) is 0 Å². The molecule has 0 amide bonds. The highest BCUT2D eigenvalue weighted by atomic mass is 32.1. The molecule has 3 nitrogen and oxygen atoms in total. The van der Waals surface area contributed by atoms with Gasteiger partial charge in [0.2, 0.25) is 0 Å². The highest BCUT2D eigenvalue weighted by molar-refractivity contribution is 7.14. The number of allylic oxidation sites excluding steroid dienone is 2. The molecule has 26 heavy (non-hydrogen) atoms. The van der Waals surface area contributed by atoms with Gasteiger partial charge in [0.25, 0.3) is 0 Å². The van der Waals surface area contributed by atoms with E-state index in [0.717, 1.165) is 39.8 Å². The largest absolute Gasteiger partial charge is 0.372 e. The molecule has 0 atom stereocenters. The summed E-state index contributed by atoms with van der Waals surface area (Å²) in [4.78, 5) is 20.7. The first kappa shape index (κ1) is 18.3. The number of carbonyl (C=O) groups excluding carboxylic acids is 1. The number of nitrogens with zero attached hydrogens (tertiary/aromatic N) is 2. The molecule has 0 unspecified atom stereocenters. The Kier molecular flexibility index (Phi) is 5.52. The quantitative estimate of drug-likeness (QED) is 0.694. The zero-order chi connectivity index (χ0) is 18.7. The third kappa shape index (κ3) is 3.42. The average Bonchev–Trinajstić information content (AvgIpc) is 3.05. The van der Waals surface area contributed by atoms with Gasteiger partial charge in [0.15, 0.2) is 5.78 Å². The molecule has 0 saturated carbocycles. The molecule has 0 saturated heterocycles. The van der Waals surface area contributed by atoms with Gasteiger partial charge in [0, 0.05) is 25.2 Å². The zero-order valence-corrected chi connectivity index (χ0v) is 16.4. The van der Waals surface area contributed by atoms with E-state index in [1.807, 2.05) is 25.2 Å². The Morgan fingerprint density at radius 2 is 2.08 bits per heavy atom. The number of fused-ring (bicyclic) bond motifs is 1. The minimum Gasteiger partial charge on any atom is -0.372 e. The van der Waals surface area contributed by atoms with E-state index in [9.17, 15) is 4.79 Å². The van der Waals surface area contributed by atoms with Gasteiger partial charge in [-0.05, 0) is 62.3 Å². The predicted octanol–water partition coefficient (Wildman–Crippen LogP) is 5.33. The highest BCUT2D eigenvalue weighted by Crippen LogP contribution is 2.34. The van der Waals surface area contributed by atoms with Gasteiger partial charge in [0.05, 0.1) is 16.1 Å². The van der Waals surface area contributed by atoms with Crippen molar-refractivity contribution in [3.05, 3.63) is 57.6 Å². The van der Waals surface area contributed by atoms with Crippen LogP contribution in [-0.4, -0.2) is 23.9 Å². The van der Waals surface area contributed by atoms with Crippen LogP contribution >= 0.6 is 11.3 Å². The number of carbonyl (C=O) groups is 1. The highest BCUT2D eigenvalue weighted by Gasteiger charge is 2.23. The first-order chi connectivity index (χ1) is 12.6. The summed E-state index contributed by atoms with van der Waals surface area (Å²) in [6.07, 6.45) is 8.12. The van der Waals surface area contributed by atoms with Crippen molar-refractivity contribution in [2.45, 2.75) is 27.2 Å². The van der Waals surface area contributed by atoms with E-state index in [-0.39, 0.29) is 5.78 Å². The van der Waals surface area contributed by atoms with Crippen LogP contribution in [0, 0.1) is 0 Å². The number of benzene rings is 1. The van der Waals surface area contributed by atoms with Gasteiger partial charge in [-0.1, -0.05) is 18.7 Å². The molecular weight excluding hydrogens is 340 g/mol. The van der Waals surface area contributed by atoms with Crippen molar-refractivity contribution in [2.24, 2.45) is 0 Å². The molecule has 1 aliphatic rings. The van der Waals surface area contributed by atoms with Gasteiger partial charge in [-0.25, -0.2) is 4.98 Å². The number of ketones is 1. The van der Waals surface area contributed by atoms with Crippen LogP contribution in [0.4, 0.5) is 5.69 Å². The molecule has 2 aromatic rings. The first-order valence-electron chi connectivity index (χ1n) is 9.00. The molecule has 0 aliphatic heterocycles. The summed E-state index contributed by atoms with van der Waals surface area (Å²) in [7, 11) is 0. The van der Waals surface area contributed by atoms with Crippen LogP contribution < -0.4 is 4.90 Å².